The quantitative estimate of drug-likeness (QED) is 0.156. The predicted molar refractivity (Wildman–Crippen MR) is 257 cm³/mol. The van der Waals surface area contributed by atoms with Crippen molar-refractivity contribution in [3.63, 3.8) is 0 Å². The molecule has 9 aromatic carbocycles. The van der Waals surface area contributed by atoms with E-state index in [2.05, 4.69) is 254 Å². The minimum Gasteiger partial charge on any atom is -0.311 e. The van der Waals surface area contributed by atoms with Crippen molar-refractivity contribution >= 4 is 28.0 Å². The van der Waals surface area contributed by atoms with E-state index < -0.39 is 0 Å². The van der Waals surface area contributed by atoms with E-state index in [1.54, 1.807) is 0 Å². The highest BCUT2D eigenvalue weighted by molar-refractivity contribution is 6.08. The van der Waals surface area contributed by atoms with E-state index in [1.165, 1.54) is 77.8 Å². The van der Waals surface area contributed by atoms with Gasteiger partial charge in [0.05, 0.1) is 11.2 Å². The summed E-state index contributed by atoms with van der Waals surface area (Å²) >= 11 is 0. The fourth-order valence-electron chi connectivity index (χ4n) is 9.58. The number of anilines is 3. The number of fused-ring (bicyclic) bond motifs is 7. The smallest absolute Gasteiger partial charge is 0.0622 e. The molecular formula is C59H44N2. The summed E-state index contributed by atoms with van der Waals surface area (Å²) < 4.78 is 2.48. The Kier molecular flexibility index (Phi) is 8.86. The Morgan fingerprint density at radius 3 is 1.23 bits per heavy atom. The first-order chi connectivity index (χ1) is 30.0. The summed E-state index contributed by atoms with van der Waals surface area (Å²) in [6.07, 6.45) is 0. The van der Waals surface area contributed by atoms with Crippen LogP contribution in [0.1, 0.15) is 25.0 Å². The molecule has 0 unspecified atom stereocenters. The van der Waals surface area contributed by atoms with Crippen molar-refractivity contribution < 1.29 is 0 Å². The average molecular weight is 781 g/mol. The fraction of sp³-hybridized carbons (Fsp3) is 0.0508. The molecule has 290 valence electrons. The molecule has 2 nitrogen and oxygen atoms in total. The Balaban J connectivity index is 0.972. The third kappa shape index (κ3) is 6.27. The molecule has 0 N–H and O–H groups in total. The minimum atomic E-state index is -0.166. The van der Waals surface area contributed by atoms with Crippen LogP contribution < -0.4 is 4.90 Å². The molecule has 0 aliphatic heterocycles. The number of benzene rings is 9. The van der Waals surface area contributed by atoms with Gasteiger partial charge in [-0.25, -0.2) is 0 Å². The van der Waals surface area contributed by atoms with Crippen LogP contribution in [-0.2, 0) is 5.41 Å². The van der Waals surface area contributed by atoms with Crippen molar-refractivity contribution in [3.8, 4) is 61.5 Å². The third-order valence-corrected chi connectivity index (χ3v) is 12.6. The van der Waals surface area contributed by atoms with E-state index in [9.17, 15) is 0 Å². The van der Waals surface area contributed by atoms with Gasteiger partial charge in [0.1, 0.15) is 0 Å². The van der Waals surface area contributed by atoms with Crippen LogP contribution >= 0.6 is 0 Å². The first-order valence-corrected chi connectivity index (χ1v) is 21.2. The molecule has 2 heteroatoms. The second-order valence-electron chi connectivity index (χ2n) is 16.5. The lowest BCUT2D eigenvalue weighted by molar-refractivity contribution is 0.646. The second-order valence-corrected chi connectivity index (χ2v) is 16.5. The molecule has 0 fully saturated rings. The molecule has 11 rings (SSSR count). The molecule has 0 saturated carbocycles. The monoisotopic (exact) mass is 780 g/mol. The van der Waals surface area contributed by atoms with Gasteiger partial charge < -0.3 is 9.47 Å². The van der Waals surface area contributed by atoms with Gasteiger partial charge in [-0.1, -0.05) is 190 Å². The van der Waals surface area contributed by atoms with Gasteiger partial charge in [0, 0.05) is 44.7 Å². The molecular weight excluding hydrogens is 737 g/mol. The zero-order chi connectivity index (χ0) is 40.9. The number of rotatable bonds is 7. The number of para-hydroxylation sites is 1. The zero-order valence-corrected chi connectivity index (χ0v) is 34.3. The Morgan fingerprint density at radius 2 is 0.721 bits per heavy atom. The van der Waals surface area contributed by atoms with Gasteiger partial charge in [-0.15, -0.1) is 0 Å². The van der Waals surface area contributed by atoms with Crippen LogP contribution in [0.3, 0.4) is 0 Å². The van der Waals surface area contributed by atoms with Gasteiger partial charge in [0.15, 0.2) is 0 Å². The van der Waals surface area contributed by atoms with E-state index in [-0.39, 0.29) is 5.41 Å². The van der Waals surface area contributed by atoms with Crippen molar-refractivity contribution in [2.75, 3.05) is 4.90 Å². The Labute approximate surface area is 358 Å². The molecule has 1 heterocycles. The van der Waals surface area contributed by atoms with Crippen LogP contribution in [0.2, 0.25) is 0 Å². The lowest BCUT2D eigenvalue weighted by Gasteiger charge is -2.28. The molecule has 0 atom stereocenters. The minimum absolute atomic E-state index is 0.166. The van der Waals surface area contributed by atoms with E-state index in [1.807, 2.05) is 0 Å². The molecule has 0 spiro atoms. The Morgan fingerprint density at radius 1 is 0.344 bits per heavy atom. The third-order valence-electron chi connectivity index (χ3n) is 12.6. The highest BCUT2D eigenvalue weighted by atomic mass is 15.1. The standard InChI is InChI=1S/C59H44N2/c1-59(2)54-22-12-9-19-51(54)57-53-21-11-14-24-56(53)61(58(57)52-20-10-13-23-55(52)59)50-39-31-46(32-40-50)45-29-37-49(38-30-45)60(47-33-25-43(26-34-47)41-15-5-3-6-16-41)48-35-27-44(28-36-48)42-17-7-4-8-18-42/h3-40H,1-2H3. The van der Waals surface area contributed by atoms with Crippen molar-refractivity contribution in [1.29, 1.82) is 0 Å². The van der Waals surface area contributed by atoms with Gasteiger partial charge >= 0.3 is 0 Å². The molecule has 1 aromatic heterocycles. The number of hydrogen-bond acceptors (Lipinski definition) is 1. The summed E-state index contributed by atoms with van der Waals surface area (Å²) in [5.74, 6) is 0. The lowest BCUT2D eigenvalue weighted by atomic mass is 9.75. The maximum atomic E-state index is 2.48. The van der Waals surface area contributed by atoms with E-state index in [0.29, 0.717) is 0 Å². The van der Waals surface area contributed by atoms with E-state index in [4.69, 9.17) is 0 Å². The number of hydrogen-bond donors (Lipinski definition) is 0. The normalized spacial score (nSPS) is 12.6. The van der Waals surface area contributed by atoms with Crippen LogP contribution in [0.4, 0.5) is 17.1 Å². The molecule has 0 bridgehead atoms. The van der Waals surface area contributed by atoms with Gasteiger partial charge in [0.25, 0.3) is 0 Å². The van der Waals surface area contributed by atoms with Crippen molar-refractivity contribution in [2.45, 2.75) is 19.3 Å². The molecule has 10 aromatic rings. The largest absolute Gasteiger partial charge is 0.311 e. The summed E-state index contributed by atoms with van der Waals surface area (Å²) in [6, 6.07) is 83.9. The number of nitrogens with zero attached hydrogens (tertiary/aromatic N) is 2. The van der Waals surface area contributed by atoms with Crippen LogP contribution in [0, 0.1) is 0 Å². The topological polar surface area (TPSA) is 8.17 Å². The highest BCUT2D eigenvalue weighted by Gasteiger charge is 2.36. The van der Waals surface area contributed by atoms with Crippen molar-refractivity contribution in [1.82, 2.24) is 4.57 Å². The van der Waals surface area contributed by atoms with Gasteiger partial charge in [-0.05, 0) is 105 Å². The molecule has 61 heavy (non-hydrogen) atoms. The lowest BCUT2D eigenvalue weighted by Crippen LogP contribution is -2.20. The summed E-state index contributed by atoms with van der Waals surface area (Å²) in [7, 11) is 0. The Hall–Kier alpha value is -7.68. The predicted octanol–water partition coefficient (Wildman–Crippen LogP) is 16.1. The van der Waals surface area contributed by atoms with Crippen LogP contribution in [0.25, 0.3) is 72.4 Å². The maximum absolute atomic E-state index is 2.48. The highest BCUT2D eigenvalue weighted by Crippen LogP contribution is 2.52. The number of aromatic nitrogens is 1. The summed E-state index contributed by atoms with van der Waals surface area (Å²) in [4.78, 5) is 2.34. The van der Waals surface area contributed by atoms with Crippen LogP contribution in [0.5, 0.6) is 0 Å². The first-order valence-electron chi connectivity index (χ1n) is 21.2. The second kappa shape index (κ2) is 14.9. The summed E-state index contributed by atoms with van der Waals surface area (Å²) in [5, 5.41) is 1.27. The van der Waals surface area contributed by atoms with Gasteiger partial charge in [0.2, 0.25) is 0 Å². The van der Waals surface area contributed by atoms with Gasteiger partial charge in [-0.2, -0.15) is 0 Å². The van der Waals surface area contributed by atoms with Crippen molar-refractivity contribution in [3.05, 3.63) is 242 Å². The molecule has 1 aliphatic rings. The molecule has 0 saturated heterocycles. The van der Waals surface area contributed by atoms with Crippen molar-refractivity contribution in [2.24, 2.45) is 0 Å². The van der Waals surface area contributed by atoms with Crippen LogP contribution in [-0.4, -0.2) is 4.57 Å². The van der Waals surface area contributed by atoms with Crippen LogP contribution in [0.15, 0.2) is 231 Å². The SMILES string of the molecule is CC1(C)c2ccccc2-c2c(n(-c3ccc(-c4ccc(N(c5ccc(-c6ccccc6)cc5)c5ccc(-c6ccccc6)cc5)cc4)cc3)c3ccccc23)-c2ccccc21. The fourth-order valence-corrected chi connectivity index (χ4v) is 9.58. The molecule has 1 aliphatic carbocycles. The zero-order valence-electron chi connectivity index (χ0n) is 34.3. The molecule has 0 amide bonds. The average Bonchev–Trinajstić information content (AvgIpc) is 3.64. The first kappa shape index (κ1) is 36.4. The Bertz CT molecular complexity index is 3070. The maximum Gasteiger partial charge on any atom is 0.0622 e. The van der Waals surface area contributed by atoms with E-state index >= 15 is 0 Å². The summed E-state index contributed by atoms with van der Waals surface area (Å²) in [6.45, 7) is 4.73. The summed E-state index contributed by atoms with van der Waals surface area (Å²) in [5.41, 5.74) is 20.5. The molecule has 0 radical (unpaired) electrons. The van der Waals surface area contributed by atoms with Gasteiger partial charge in [-0.3, -0.25) is 0 Å². The van der Waals surface area contributed by atoms with E-state index in [0.717, 1.165) is 22.7 Å².